The van der Waals surface area contributed by atoms with Gasteiger partial charge in [-0.3, -0.25) is 4.79 Å². The van der Waals surface area contributed by atoms with Gasteiger partial charge in [0.05, 0.1) is 20.5 Å². The maximum absolute atomic E-state index is 12.5. The van der Waals surface area contributed by atoms with Crippen molar-refractivity contribution in [1.29, 1.82) is 0 Å². The number of methoxy groups -OCH3 is 2. The van der Waals surface area contributed by atoms with Crippen LogP contribution in [0.4, 0.5) is 0 Å². The van der Waals surface area contributed by atoms with Crippen LogP contribution in [0.25, 0.3) is 6.08 Å². The second kappa shape index (κ2) is 5.29. The van der Waals surface area contributed by atoms with Gasteiger partial charge in [0.1, 0.15) is 27.3 Å². The Kier molecular flexibility index (Phi) is 3.47. The highest BCUT2D eigenvalue weighted by atomic mass is 79.9. The summed E-state index contributed by atoms with van der Waals surface area (Å²) >= 11 is 3.38. The maximum Gasteiger partial charge on any atom is 0.235 e. The molecular weight excluding hydrogens is 340 g/mol. The van der Waals surface area contributed by atoms with Gasteiger partial charge in [-0.15, -0.1) is 0 Å². The molecule has 5 nitrogen and oxygen atoms in total. The first-order valence-corrected chi connectivity index (χ1v) is 6.87. The van der Waals surface area contributed by atoms with Crippen molar-refractivity contribution in [3.05, 3.63) is 46.0 Å². The molecule has 0 aliphatic carbocycles. The van der Waals surface area contributed by atoms with Crippen molar-refractivity contribution in [2.24, 2.45) is 0 Å². The zero-order valence-electron chi connectivity index (χ0n) is 11.3. The number of halogens is 1. The van der Waals surface area contributed by atoms with Crippen LogP contribution in [0.2, 0.25) is 0 Å². The Labute approximate surface area is 129 Å². The fourth-order valence-corrected chi connectivity index (χ4v) is 2.64. The Morgan fingerprint density at radius 2 is 2.00 bits per heavy atom. The van der Waals surface area contributed by atoms with Crippen LogP contribution in [0.15, 0.2) is 39.1 Å². The standard InChI is InChI=1S/C15H11BrO5/c1-18-9-7-10(19-2)13(16)15-12(9)14(17)11(21-15)6-8-4-3-5-20-8/h3-7H,1-2H3. The number of Topliss-reactive ketones (excluding diaryl/α,β-unsaturated/α-hetero) is 1. The number of fused-ring (bicyclic) bond motifs is 1. The topological polar surface area (TPSA) is 57.9 Å². The van der Waals surface area contributed by atoms with Crippen LogP contribution in [0.3, 0.4) is 0 Å². The Hall–Kier alpha value is -2.21. The first kappa shape index (κ1) is 13.8. The number of benzene rings is 1. The molecule has 0 spiro atoms. The lowest BCUT2D eigenvalue weighted by molar-refractivity contribution is 0.101. The number of ether oxygens (including phenoxy) is 3. The van der Waals surface area contributed by atoms with E-state index in [2.05, 4.69) is 15.9 Å². The predicted molar refractivity (Wildman–Crippen MR) is 78.9 cm³/mol. The molecule has 108 valence electrons. The van der Waals surface area contributed by atoms with Crippen LogP contribution < -0.4 is 14.2 Å². The zero-order chi connectivity index (χ0) is 15.0. The number of carbonyl (C=O) groups excluding carboxylic acids is 1. The summed E-state index contributed by atoms with van der Waals surface area (Å²) in [6, 6.07) is 5.11. The summed E-state index contributed by atoms with van der Waals surface area (Å²) < 4.78 is 21.9. The van der Waals surface area contributed by atoms with Crippen LogP contribution in [0.1, 0.15) is 16.1 Å². The van der Waals surface area contributed by atoms with E-state index in [-0.39, 0.29) is 11.5 Å². The van der Waals surface area contributed by atoms with E-state index in [0.29, 0.717) is 33.0 Å². The lowest BCUT2D eigenvalue weighted by Gasteiger charge is -2.10. The van der Waals surface area contributed by atoms with E-state index < -0.39 is 0 Å². The molecule has 1 aromatic heterocycles. The van der Waals surface area contributed by atoms with Gasteiger partial charge in [0.2, 0.25) is 5.78 Å². The Morgan fingerprint density at radius 1 is 1.24 bits per heavy atom. The molecule has 2 heterocycles. The Balaban J connectivity index is 2.13. The first-order chi connectivity index (χ1) is 10.2. The van der Waals surface area contributed by atoms with Gasteiger partial charge in [-0.1, -0.05) is 0 Å². The molecule has 21 heavy (non-hydrogen) atoms. The van der Waals surface area contributed by atoms with Gasteiger partial charge < -0.3 is 18.6 Å². The summed E-state index contributed by atoms with van der Waals surface area (Å²) in [5, 5.41) is 0. The third kappa shape index (κ3) is 2.21. The molecule has 0 fully saturated rings. The molecule has 0 atom stereocenters. The number of allylic oxidation sites excluding steroid dienone is 1. The van der Waals surface area contributed by atoms with Crippen molar-refractivity contribution < 1.29 is 23.4 Å². The molecule has 1 aliphatic heterocycles. The van der Waals surface area contributed by atoms with Gasteiger partial charge in [-0.05, 0) is 28.1 Å². The Bertz CT molecular complexity index is 731. The summed E-state index contributed by atoms with van der Waals surface area (Å²) in [4.78, 5) is 12.5. The quantitative estimate of drug-likeness (QED) is 0.790. The number of carbonyl (C=O) groups is 1. The normalized spacial score (nSPS) is 15.0. The molecule has 0 saturated carbocycles. The molecule has 2 aromatic rings. The summed E-state index contributed by atoms with van der Waals surface area (Å²) in [7, 11) is 3.02. The fraction of sp³-hybridized carbons (Fsp3) is 0.133. The average Bonchev–Trinajstić information content (AvgIpc) is 3.10. The highest BCUT2D eigenvalue weighted by molar-refractivity contribution is 9.10. The summed E-state index contributed by atoms with van der Waals surface area (Å²) in [6.45, 7) is 0. The average molecular weight is 351 g/mol. The summed E-state index contributed by atoms with van der Waals surface area (Å²) in [6.07, 6.45) is 3.07. The molecular formula is C15H11BrO5. The number of hydrogen-bond donors (Lipinski definition) is 0. The van der Waals surface area contributed by atoms with Crippen molar-refractivity contribution in [3.63, 3.8) is 0 Å². The number of furan rings is 1. The highest BCUT2D eigenvalue weighted by Crippen LogP contribution is 2.48. The minimum Gasteiger partial charge on any atom is -0.496 e. The second-order valence-electron chi connectivity index (χ2n) is 4.25. The molecule has 6 heteroatoms. The van der Waals surface area contributed by atoms with Crippen LogP contribution in [-0.2, 0) is 0 Å². The van der Waals surface area contributed by atoms with E-state index >= 15 is 0 Å². The number of ketones is 1. The van der Waals surface area contributed by atoms with Crippen molar-refractivity contribution in [2.45, 2.75) is 0 Å². The summed E-state index contributed by atoms with van der Waals surface area (Å²) in [5.41, 5.74) is 0.364. The lowest BCUT2D eigenvalue weighted by Crippen LogP contribution is -2.00. The van der Waals surface area contributed by atoms with Gasteiger partial charge in [-0.2, -0.15) is 0 Å². The molecule has 0 saturated heterocycles. The smallest absolute Gasteiger partial charge is 0.235 e. The predicted octanol–water partition coefficient (Wildman–Crippen LogP) is 3.68. The Morgan fingerprint density at radius 3 is 2.62 bits per heavy atom. The molecule has 0 bridgehead atoms. The van der Waals surface area contributed by atoms with E-state index in [4.69, 9.17) is 18.6 Å². The molecule has 0 unspecified atom stereocenters. The van der Waals surface area contributed by atoms with Crippen molar-refractivity contribution >= 4 is 27.8 Å². The molecule has 1 aliphatic rings. The largest absolute Gasteiger partial charge is 0.496 e. The van der Waals surface area contributed by atoms with Gasteiger partial charge in [-0.25, -0.2) is 0 Å². The molecule has 0 N–H and O–H groups in total. The number of rotatable bonds is 3. The third-order valence-electron chi connectivity index (χ3n) is 3.07. The van der Waals surface area contributed by atoms with Crippen LogP contribution in [0.5, 0.6) is 17.2 Å². The SMILES string of the molecule is COc1cc(OC)c2c(c1Br)OC(=Cc1ccco1)C2=O. The van der Waals surface area contributed by atoms with E-state index in [9.17, 15) is 4.79 Å². The van der Waals surface area contributed by atoms with Gasteiger partial charge in [0.15, 0.2) is 11.5 Å². The second-order valence-corrected chi connectivity index (χ2v) is 5.05. The van der Waals surface area contributed by atoms with Gasteiger partial charge >= 0.3 is 0 Å². The monoisotopic (exact) mass is 350 g/mol. The van der Waals surface area contributed by atoms with Crippen molar-refractivity contribution in [3.8, 4) is 17.2 Å². The van der Waals surface area contributed by atoms with E-state index in [1.54, 1.807) is 24.3 Å². The number of hydrogen-bond acceptors (Lipinski definition) is 5. The minimum absolute atomic E-state index is 0.173. The molecule has 0 amide bonds. The maximum atomic E-state index is 12.5. The van der Waals surface area contributed by atoms with Gasteiger partial charge in [0.25, 0.3) is 0 Å². The van der Waals surface area contributed by atoms with E-state index in [0.717, 1.165) is 0 Å². The van der Waals surface area contributed by atoms with Crippen LogP contribution in [0, 0.1) is 0 Å². The van der Waals surface area contributed by atoms with E-state index in [1.165, 1.54) is 20.5 Å². The molecule has 0 radical (unpaired) electrons. The molecule has 3 rings (SSSR count). The first-order valence-electron chi connectivity index (χ1n) is 6.08. The lowest BCUT2D eigenvalue weighted by atomic mass is 10.1. The zero-order valence-corrected chi connectivity index (χ0v) is 12.9. The van der Waals surface area contributed by atoms with Crippen LogP contribution >= 0.6 is 15.9 Å². The van der Waals surface area contributed by atoms with Crippen molar-refractivity contribution in [2.75, 3.05) is 14.2 Å². The van der Waals surface area contributed by atoms with E-state index in [1.807, 2.05) is 0 Å². The van der Waals surface area contributed by atoms with Gasteiger partial charge in [0, 0.05) is 12.1 Å². The van der Waals surface area contributed by atoms with Crippen LogP contribution in [-0.4, -0.2) is 20.0 Å². The minimum atomic E-state index is -0.262. The fourth-order valence-electron chi connectivity index (χ4n) is 2.09. The van der Waals surface area contributed by atoms with Crippen molar-refractivity contribution in [1.82, 2.24) is 0 Å². The highest BCUT2D eigenvalue weighted by Gasteiger charge is 2.35. The third-order valence-corrected chi connectivity index (χ3v) is 3.82. The molecule has 1 aromatic carbocycles. The summed E-state index contributed by atoms with van der Waals surface area (Å²) in [5.74, 6) is 1.76.